The zero-order valence-electron chi connectivity index (χ0n) is 18.6. The van der Waals surface area contributed by atoms with Crippen molar-refractivity contribution >= 4 is 27.6 Å². The second kappa shape index (κ2) is 8.80. The quantitative estimate of drug-likeness (QED) is 0.261. The van der Waals surface area contributed by atoms with E-state index < -0.39 is 48.5 Å². The Bertz CT molecular complexity index is 1230. The molecule has 0 spiro atoms. The summed E-state index contributed by atoms with van der Waals surface area (Å²) in [5, 5.41) is 11.4. The van der Waals surface area contributed by atoms with Gasteiger partial charge in [-0.2, -0.15) is 4.72 Å². The topological polar surface area (TPSA) is 136 Å². The van der Waals surface area contributed by atoms with Gasteiger partial charge in [0, 0.05) is 12.5 Å². The molecule has 1 atom stereocenters. The van der Waals surface area contributed by atoms with Crippen molar-refractivity contribution in [1.29, 1.82) is 0 Å². The number of likely N-dealkylation sites (tertiary alicyclic amines) is 1. The predicted molar refractivity (Wildman–Crippen MR) is 121 cm³/mol. The molecule has 1 heterocycles. The van der Waals surface area contributed by atoms with E-state index in [2.05, 4.69) is 4.72 Å². The standard InChI is InChI=1S/C23H25N3O7S/c1-33-21(28)23(13-7-8-14-23)25-16-22(20(25)27,15-17-9-3-2-4-10-17)24-34(31,32)19-12-6-5-11-18(19)26(29)30/h2-6,9-12,24H,7-8,13-16H2,1H3/t22-/m0/s1. The lowest BCUT2D eigenvalue weighted by molar-refractivity contribution is -0.387. The molecular weight excluding hydrogens is 462 g/mol. The number of nitro groups is 1. The van der Waals surface area contributed by atoms with Crippen molar-refractivity contribution < 1.29 is 27.7 Å². The number of para-hydroxylation sites is 1. The van der Waals surface area contributed by atoms with Gasteiger partial charge in [-0.15, -0.1) is 0 Å². The molecule has 1 aliphatic heterocycles. The lowest BCUT2D eigenvalue weighted by Crippen LogP contribution is -2.80. The molecule has 10 nitrogen and oxygen atoms in total. The summed E-state index contributed by atoms with van der Waals surface area (Å²) in [5.74, 6) is -1.07. The first kappa shape index (κ1) is 23.8. The van der Waals surface area contributed by atoms with Crippen molar-refractivity contribution in [2.45, 2.75) is 48.1 Å². The number of amides is 1. The summed E-state index contributed by atoms with van der Waals surface area (Å²) in [6, 6.07) is 13.8. The predicted octanol–water partition coefficient (Wildman–Crippen LogP) is 2.18. The molecule has 1 N–H and O–H groups in total. The molecule has 0 radical (unpaired) electrons. The second-order valence-corrected chi connectivity index (χ2v) is 10.3. The molecule has 2 aromatic rings. The SMILES string of the molecule is COC(=O)C1(N2C[C@](Cc3ccccc3)(NS(=O)(=O)c3ccccc3[N+](=O)[O-])C2=O)CCCC1. The molecule has 2 aromatic carbocycles. The van der Waals surface area contributed by atoms with Crippen molar-refractivity contribution in [1.82, 2.24) is 9.62 Å². The summed E-state index contributed by atoms with van der Waals surface area (Å²) >= 11 is 0. The Morgan fingerprint density at radius 1 is 1.12 bits per heavy atom. The van der Waals surface area contributed by atoms with E-state index in [-0.39, 0.29) is 13.0 Å². The minimum atomic E-state index is -4.46. The van der Waals surface area contributed by atoms with Crippen LogP contribution in [0.5, 0.6) is 0 Å². The number of ether oxygens (including phenoxy) is 1. The Hall–Kier alpha value is -3.31. The number of β-lactam (4-membered cyclic amide) rings is 1. The van der Waals surface area contributed by atoms with Gasteiger partial charge in [-0.25, -0.2) is 13.2 Å². The number of rotatable bonds is 8. The highest BCUT2D eigenvalue weighted by Gasteiger charge is 2.63. The number of carbonyl (C=O) groups excluding carboxylic acids is 2. The fourth-order valence-electron chi connectivity index (χ4n) is 4.99. The van der Waals surface area contributed by atoms with Crippen LogP contribution >= 0.6 is 0 Å². The normalized spacial score (nSPS) is 21.7. The largest absolute Gasteiger partial charge is 0.467 e. The minimum Gasteiger partial charge on any atom is -0.467 e. The third kappa shape index (κ3) is 3.94. The summed E-state index contributed by atoms with van der Waals surface area (Å²) in [7, 11) is -3.19. The van der Waals surface area contributed by atoms with Gasteiger partial charge in [0.2, 0.25) is 15.9 Å². The Labute approximate surface area is 197 Å². The zero-order valence-corrected chi connectivity index (χ0v) is 19.4. The highest BCUT2D eigenvalue weighted by Crippen LogP contribution is 2.44. The number of esters is 1. The van der Waals surface area contributed by atoms with Crippen LogP contribution in [-0.4, -0.2) is 54.8 Å². The van der Waals surface area contributed by atoms with Crippen molar-refractivity contribution in [3.63, 3.8) is 0 Å². The molecule has 2 aliphatic rings. The molecule has 11 heteroatoms. The number of nitrogens with zero attached hydrogens (tertiary/aromatic N) is 2. The van der Waals surface area contributed by atoms with Crippen molar-refractivity contribution in [3.8, 4) is 0 Å². The van der Waals surface area contributed by atoms with Gasteiger partial charge < -0.3 is 9.64 Å². The number of nitrogens with one attached hydrogen (secondary N) is 1. The van der Waals surface area contributed by atoms with E-state index in [4.69, 9.17) is 4.74 Å². The fourth-order valence-corrected chi connectivity index (χ4v) is 6.52. The molecule has 1 amide bonds. The molecule has 180 valence electrons. The number of benzene rings is 2. The van der Waals surface area contributed by atoms with Crippen LogP contribution in [0, 0.1) is 10.1 Å². The van der Waals surface area contributed by atoms with Gasteiger partial charge in [0.1, 0.15) is 11.1 Å². The number of hydrogen-bond acceptors (Lipinski definition) is 7. The maximum Gasteiger partial charge on any atom is 0.331 e. The number of hydrogen-bond donors (Lipinski definition) is 1. The third-order valence-electron chi connectivity index (χ3n) is 6.63. The van der Waals surface area contributed by atoms with E-state index in [1.807, 2.05) is 0 Å². The Balaban J connectivity index is 1.73. The van der Waals surface area contributed by atoms with E-state index in [0.29, 0.717) is 18.4 Å². The monoisotopic (exact) mass is 487 g/mol. The average molecular weight is 488 g/mol. The number of sulfonamides is 1. The molecule has 0 unspecified atom stereocenters. The van der Waals surface area contributed by atoms with Gasteiger partial charge >= 0.3 is 5.97 Å². The Kier molecular flexibility index (Phi) is 6.17. The van der Waals surface area contributed by atoms with Crippen LogP contribution in [0.4, 0.5) is 5.69 Å². The number of carbonyl (C=O) groups is 2. The van der Waals surface area contributed by atoms with Crippen molar-refractivity contribution in [2.75, 3.05) is 13.7 Å². The van der Waals surface area contributed by atoms with Crippen LogP contribution in [0.25, 0.3) is 0 Å². The first-order chi connectivity index (χ1) is 16.2. The van der Waals surface area contributed by atoms with E-state index >= 15 is 0 Å². The lowest BCUT2D eigenvalue weighted by Gasteiger charge is -2.55. The van der Waals surface area contributed by atoms with E-state index in [1.54, 1.807) is 30.3 Å². The molecule has 4 rings (SSSR count). The molecule has 1 saturated carbocycles. The average Bonchev–Trinajstić information content (AvgIpc) is 3.32. The van der Waals surface area contributed by atoms with E-state index in [0.717, 1.165) is 25.0 Å². The maximum atomic E-state index is 13.7. The van der Waals surface area contributed by atoms with Gasteiger partial charge in [-0.05, 0) is 24.5 Å². The van der Waals surface area contributed by atoms with E-state index in [1.165, 1.54) is 24.1 Å². The smallest absolute Gasteiger partial charge is 0.331 e. The Morgan fingerprint density at radius 2 is 1.74 bits per heavy atom. The third-order valence-corrected chi connectivity index (χ3v) is 8.21. The molecule has 1 saturated heterocycles. The van der Waals surface area contributed by atoms with Gasteiger partial charge in [-0.3, -0.25) is 14.9 Å². The van der Waals surface area contributed by atoms with Gasteiger partial charge in [0.15, 0.2) is 4.90 Å². The van der Waals surface area contributed by atoms with Gasteiger partial charge in [0.05, 0.1) is 18.6 Å². The first-order valence-electron chi connectivity index (χ1n) is 10.9. The number of nitro benzene ring substituents is 1. The van der Waals surface area contributed by atoms with Crippen molar-refractivity contribution in [2.24, 2.45) is 0 Å². The fraction of sp³-hybridized carbons (Fsp3) is 0.391. The van der Waals surface area contributed by atoms with Gasteiger partial charge in [-0.1, -0.05) is 55.3 Å². The summed E-state index contributed by atoms with van der Waals surface area (Å²) in [5.41, 5.74) is -2.60. The van der Waals surface area contributed by atoms with Crippen LogP contribution in [0.3, 0.4) is 0 Å². The summed E-state index contributed by atoms with van der Waals surface area (Å²) in [6.45, 7) is -0.0598. The van der Waals surface area contributed by atoms with E-state index in [9.17, 15) is 28.1 Å². The van der Waals surface area contributed by atoms with Crippen molar-refractivity contribution in [3.05, 3.63) is 70.3 Å². The second-order valence-electron chi connectivity index (χ2n) is 8.70. The summed E-state index contributed by atoms with van der Waals surface area (Å²) < 4.78 is 34.1. The molecule has 1 aliphatic carbocycles. The van der Waals surface area contributed by atoms with Crippen LogP contribution in [0.2, 0.25) is 0 Å². The lowest BCUT2D eigenvalue weighted by atomic mass is 9.78. The highest BCUT2D eigenvalue weighted by atomic mass is 32.2. The summed E-state index contributed by atoms with van der Waals surface area (Å²) in [4.78, 5) is 37.9. The zero-order chi connectivity index (χ0) is 24.6. The van der Waals surface area contributed by atoms with Crippen LogP contribution in [-0.2, 0) is 30.8 Å². The molecule has 0 bridgehead atoms. The number of methoxy groups -OCH3 is 1. The highest BCUT2D eigenvalue weighted by molar-refractivity contribution is 7.89. The first-order valence-corrected chi connectivity index (χ1v) is 12.4. The van der Waals surface area contributed by atoms with Gasteiger partial charge in [0.25, 0.3) is 5.69 Å². The molecule has 2 fully saturated rings. The van der Waals surface area contributed by atoms with Crippen LogP contribution in [0.15, 0.2) is 59.5 Å². The minimum absolute atomic E-state index is 0.0281. The molecular formula is C23H25N3O7S. The summed E-state index contributed by atoms with van der Waals surface area (Å²) in [6.07, 6.45) is 2.38. The Morgan fingerprint density at radius 3 is 2.32 bits per heavy atom. The maximum absolute atomic E-state index is 13.7. The molecule has 0 aromatic heterocycles. The molecule has 34 heavy (non-hydrogen) atoms. The van der Waals surface area contributed by atoms with Crippen LogP contribution < -0.4 is 4.72 Å². The van der Waals surface area contributed by atoms with Crippen LogP contribution in [0.1, 0.15) is 31.2 Å².